The summed E-state index contributed by atoms with van der Waals surface area (Å²) in [5, 5.41) is 0. The van der Waals surface area contributed by atoms with Crippen LogP contribution in [0.15, 0.2) is 29.3 Å². The highest BCUT2D eigenvalue weighted by Crippen LogP contribution is 2.16. The van der Waals surface area contributed by atoms with E-state index in [1.54, 1.807) is 6.07 Å². The maximum absolute atomic E-state index is 12.7. The SMILES string of the molecule is CCOc1cccc(Cn2cnc3c(c2=O)CCN(S(C)(=O)=O)C3)n1. The number of rotatable bonds is 5. The first-order valence-corrected chi connectivity index (χ1v) is 9.84. The van der Waals surface area contributed by atoms with Crippen LogP contribution in [-0.4, -0.2) is 46.7 Å². The lowest BCUT2D eigenvalue weighted by atomic mass is 10.1. The largest absolute Gasteiger partial charge is 0.478 e. The van der Waals surface area contributed by atoms with Crippen LogP contribution in [0.25, 0.3) is 0 Å². The van der Waals surface area contributed by atoms with Gasteiger partial charge in [0.1, 0.15) is 0 Å². The van der Waals surface area contributed by atoms with Crippen molar-refractivity contribution in [2.24, 2.45) is 0 Å². The Morgan fingerprint density at radius 2 is 2.12 bits per heavy atom. The minimum absolute atomic E-state index is 0.141. The first-order chi connectivity index (χ1) is 11.9. The maximum atomic E-state index is 12.7. The number of aromatic nitrogens is 3. The van der Waals surface area contributed by atoms with Gasteiger partial charge < -0.3 is 4.74 Å². The molecule has 0 atom stereocenters. The van der Waals surface area contributed by atoms with Crippen LogP contribution in [-0.2, 0) is 29.5 Å². The second-order valence-electron chi connectivity index (χ2n) is 5.85. The molecule has 0 spiro atoms. The second-order valence-corrected chi connectivity index (χ2v) is 7.83. The molecule has 0 saturated heterocycles. The van der Waals surface area contributed by atoms with E-state index in [4.69, 9.17) is 4.74 Å². The minimum atomic E-state index is -3.29. The summed E-state index contributed by atoms with van der Waals surface area (Å²) in [4.78, 5) is 21.3. The number of fused-ring (bicyclic) bond motifs is 1. The van der Waals surface area contributed by atoms with Gasteiger partial charge in [-0.05, 0) is 19.4 Å². The Morgan fingerprint density at radius 3 is 2.84 bits per heavy atom. The molecule has 0 aliphatic carbocycles. The van der Waals surface area contributed by atoms with Crippen molar-refractivity contribution in [1.82, 2.24) is 18.8 Å². The van der Waals surface area contributed by atoms with Gasteiger partial charge in [-0.3, -0.25) is 9.36 Å². The Bertz CT molecular complexity index is 939. The van der Waals surface area contributed by atoms with Crippen molar-refractivity contribution in [3.8, 4) is 5.88 Å². The monoisotopic (exact) mass is 364 g/mol. The van der Waals surface area contributed by atoms with Crippen molar-refractivity contribution < 1.29 is 13.2 Å². The Labute approximate surface area is 146 Å². The molecule has 8 nitrogen and oxygen atoms in total. The van der Waals surface area contributed by atoms with E-state index >= 15 is 0 Å². The van der Waals surface area contributed by atoms with Gasteiger partial charge in [0.25, 0.3) is 5.56 Å². The van der Waals surface area contributed by atoms with E-state index in [0.29, 0.717) is 42.4 Å². The smallest absolute Gasteiger partial charge is 0.257 e. The zero-order chi connectivity index (χ0) is 18.0. The summed E-state index contributed by atoms with van der Waals surface area (Å²) in [6.45, 7) is 3.13. The van der Waals surface area contributed by atoms with Gasteiger partial charge in [0.15, 0.2) is 0 Å². The molecule has 0 unspecified atom stereocenters. The number of hydrogen-bond donors (Lipinski definition) is 0. The molecule has 134 valence electrons. The van der Waals surface area contributed by atoms with Gasteiger partial charge in [-0.1, -0.05) is 6.07 Å². The molecule has 0 amide bonds. The molecule has 1 aliphatic heterocycles. The molecule has 2 aromatic heterocycles. The predicted octanol–water partition coefficient (Wildman–Crippen LogP) is 0.403. The Balaban J connectivity index is 1.86. The quantitative estimate of drug-likeness (QED) is 0.762. The molecule has 25 heavy (non-hydrogen) atoms. The van der Waals surface area contributed by atoms with E-state index < -0.39 is 10.0 Å². The van der Waals surface area contributed by atoms with Crippen molar-refractivity contribution in [3.63, 3.8) is 0 Å². The molecule has 3 heterocycles. The molecule has 0 N–H and O–H groups in total. The summed E-state index contributed by atoms with van der Waals surface area (Å²) >= 11 is 0. The number of hydrogen-bond acceptors (Lipinski definition) is 6. The zero-order valence-electron chi connectivity index (χ0n) is 14.2. The molecule has 3 rings (SSSR count). The highest BCUT2D eigenvalue weighted by atomic mass is 32.2. The fourth-order valence-electron chi connectivity index (χ4n) is 2.78. The van der Waals surface area contributed by atoms with Gasteiger partial charge in [-0.15, -0.1) is 0 Å². The summed E-state index contributed by atoms with van der Waals surface area (Å²) < 4.78 is 31.5. The Kier molecular flexibility index (Phi) is 4.87. The minimum Gasteiger partial charge on any atom is -0.478 e. The van der Waals surface area contributed by atoms with E-state index in [1.807, 2.05) is 19.1 Å². The summed E-state index contributed by atoms with van der Waals surface area (Å²) in [6, 6.07) is 5.41. The van der Waals surface area contributed by atoms with Crippen LogP contribution in [0.2, 0.25) is 0 Å². The molecule has 0 bridgehead atoms. The number of pyridine rings is 1. The van der Waals surface area contributed by atoms with E-state index in [0.717, 1.165) is 6.26 Å². The summed E-state index contributed by atoms with van der Waals surface area (Å²) in [6.07, 6.45) is 2.97. The van der Waals surface area contributed by atoms with E-state index in [2.05, 4.69) is 9.97 Å². The van der Waals surface area contributed by atoms with Crippen molar-refractivity contribution in [2.75, 3.05) is 19.4 Å². The predicted molar refractivity (Wildman–Crippen MR) is 92.0 cm³/mol. The van der Waals surface area contributed by atoms with Crippen LogP contribution < -0.4 is 10.3 Å². The van der Waals surface area contributed by atoms with Crippen LogP contribution in [0.4, 0.5) is 0 Å². The number of sulfonamides is 1. The third-order valence-electron chi connectivity index (χ3n) is 4.03. The van der Waals surface area contributed by atoms with Crippen LogP contribution in [0.5, 0.6) is 5.88 Å². The van der Waals surface area contributed by atoms with E-state index in [9.17, 15) is 13.2 Å². The number of nitrogens with zero attached hydrogens (tertiary/aromatic N) is 4. The lowest BCUT2D eigenvalue weighted by molar-refractivity contribution is 0.325. The first-order valence-electron chi connectivity index (χ1n) is 7.99. The van der Waals surface area contributed by atoms with Gasteiger partial charge in [-0.2, -0.15) is 4.31 Å². The molecule has 2 aromatic rings. The molecular weight excluding hydrogens is 344 g/mol. The highest BCUT2D eigenvalue weighted by molar-refractivity contribution is 7.88. The fourth-order valence-corrected chi connectivity index (χ4v) is 3.56. The van der Waals surface area contributed by atoms with Crippen LogP contribution in [0.1, 0.15) is 23.9 Å². The first kappa shape index (κ1) is 17.6. The Morgan fingerprint density at radius 1 is 1.32 bits per heavy atom. The van der Waals surface area contributed by atoms with Crippen molar-refractivity contribution >= 4 is 10.0 Å². The molecule has 0 radical (unpaired) electrons. The lowest BCUT2D eigenvalue weighted by Gasteiger charge is -2.25. The zero-order valence-corrected chi connectivity index (χ0v) is 15.0. The lowest BCUT2D eigenvalue weighted by Crippen LogP contribution is -2.39. The summed E-state index contributed by atoms with van der Waals surface area (Å²) in [5.74, 6) is 0.516. The summed E-state index contributed by atoms with van der Waals surface area (Å²) in [5.41, 5.74) is 1.64. The van der Waals surface area contributed by atoms with Gasteiger partial charge >= 0.3 is 0 Å². The van der Waals surface area contributed by atoms with Crippen molar-refractivity contribution in [2.45, 2.75) is 26.4 Å². The Hall–Kier alpha value is -2.26. The maximum Gasteiger partial charge on any atom is 0.257 e. The van der Waals surface area contributed by atoms with Gasteiger partial charge in [-0.25, -0.2) is 18.4 Å². The van der Waals surface area contributed by atoms with Gasteiger partial charge in [0.2, 0.25) is 15.9 Å². The van der Waals surface area contributed by atoms with Crippen LogP contribution in [0, 0.1) is 0 Å². The topological polar surface area (TPSA) is 94.4 Å². The fraction of sp³-hybridized carbons (Fsp3) is 0.438. The summed E-state index contributed by atoms with van der Waals surface area (Å²) in [7, 11) is -3.29. The number of ether oxygens (including phenoxy) is 1. The van der Waals surface area contributed by atoms with Crippen molar-refractivity contribution in [3.05, 3.63) is 51.8 Å². The molecule has 9 heteroatoms. The average Bonchev–Trinajstić information content (AvgIpc) is 2.57. The van der Waals surface area contributed by atoms with E-state index in [1.165, 1.54) is 15.2 Å². The van der Waals surface area contributed by atoms with Crippen molar-refractivity contribution in [1.29, 1.82) is 0 Å². The molecule has 1 aliphatic rings. The van der Waals surface area contributed by atoms with E-state index in [-0.39, 0.29) is 18.6 Å². The molecule has 0 saturated carbocycles. The molecular formula is C16H20N4O4S. The third-order valence-corrected chi connectivity index (χ3v) is 5.28. The van der Waals surface area contributed by atoms with Crippen LogP contribution >= 0.6 is 0 Å². The highest BCUT2D eigenvalue weighted by Gasteiger charge is 2.26. The van der Waals surface area contributed by atoms with Gasteiger partial charge in [0, 0.05) is 18.2 Å². The molecule has 0 fully saturated rings. The third kappa shape index (κ3) is 3.88. The molecule has 0 aromatic carbocycles. The average molecular weight is 364 g/mol. The van der Waals surface area contributed by atoms with Gasteiger partial charge in [0.05, 0.1) is 43.7 Å². The normalized spacial score (nSPS) is 15.0. The van der Waals surface area contributed by atoms with Crippen LogP contribution in [0.3, 0.4) is 0 Å². The standard InChI is InChI=1S/C16H20N4O4S/c1-3-24-15-6-4-5-12(18-15)9-19-11-17-14-10-20(25(2,22)23)8-7-13(14)16(19)21/h4-6,11H,3,7-10H2,1-2H3. The second kappa shape index (κ2) is 6.93.